The Bertz CT molecular complexity index is 937. The van der Waals surface area contributed by atoms with Gasteiger partial charge in [0.05, 0.1) is 4.90 Å². The van der Waals surface area contributed by atoms with Crippen LogP contribution in [0.3, 0.4) is 0 Å². The van der Waals surface area contributed by atoms with E-state index in [9.17, 15) is 13.2 Å². The van der Waals surface area contributed by atoms with Gasteiger partial charge in [-0.2, -0.15) is 0 Å². The fourth-order valence-corrected chi connectivity index (χ4v) is 4.69. The molecule has 0 aromatic heterocycles. The summed E-state index contributed by atoms with van der Waals surface area (Å²) in [5, 5.41) is 0. The van der Waals surface area contributed by atoms with Crippen LogP contribution in [-0.2, 0) is 10.0 Å². The first-order valence-corrected chi connectivity index (χ1v) is 10.8. The summed E-state index contributed by atoms with van der Waals surface area (Å²) in [6, 6.07) is 9.04. The molecular weight excluding hydrogens is 374 g/mol. The van der Waals surface area contributed by atoms with Crippen LogP contribution in [0.25, 0.3) is 0 Å². The predicted molar refractivity (Wildman–Crippen MR) is 113 cm³/mol. The van der Waals surface area contributed by atoms with Crippen LogP contribution in [0.5, 0.6) is 0 Å². The Morgan fingerprint density at radius 2 is 1.43 bits per heavy atom. The number of aryl methyl sites for hydroxylation is 2. The van der Waals surface area contributed by atoms with E-state index >= 15 is 0 Å². The Hall–Kier alpha value is -2.38. The van der Waals surface area contributed by atoms with E-state index in [0.717, 1.165) is 29.9 Å². The third kappa shape index (κ3) is 4.54. The molecule has 6 nitrogen and oxygen atoms in total. The average Bonchev–Trinajstić information content (AvgIpc) is 2.66. The van der Waals surface area contributed by atoms with Crippen molar-refractivity contribution >= 4 is 21.6 Å². The molecule has 2 rings (SSSR count). The molecule has 0 aliphatic rings. The lowest BCUT2D eigenvalue weighted by Crippen LogP contribution is -2.42. The van der Waals surface area contributed by atoms with Gasteiger partial charge < -0.3 is 4.90 Å². The van der Waals surface area contributed by atoms with Crippen LogP contribution < -0.4 is 15.2 Å². The minimum atomic E-state index is -3.89. The second-order valence-electron chi connectivity index (χ2n) is 6.87. The molecule has 1 amide bonds. The minimum Gasteiger partial charge on any atom is -0.372 e. The van der Waals surface area contributed by atoms with Crippen LogP contribution in [0.2, 0.25) is 0 Å². The molecule has 0 saturated carbocycles. The molecule has 2 N–H and O–H groups in total. The van der Waals surface area contributed by atoms with E-state index in [1.807, 2.05) is 32.0 Å². The maximum Gasteiger partial charge on any atom is 0.266 e. The molecule has 0 radical (unpaired) electrons. The van der Waals surface area contributed by atoms with Crippen molar-refractivity contribution < 1.29 is 13.2 Å². The maximum absolute atomic E-state index is 12.8. The van der Waals surface area contributed by atoms with Crippen molar-refractivity contribution in [2.24, 2.45) is 0 Å². The Morgan fingerprint density at radius 3 is 1.89 bits per heavy atom. The fourth-order valence-electron chi connectivity index (χ4n) is 3.23. The van der Waals surface area contributed by atoms with Gasteiger partial charge in [-0.1, -0.05) is 6.07 Å². The quantitative estimate of drug-likeness (QED) is 0.695. The molecular formula is C21H29N3O3S. The van der Waals surface area contributed by atoms with Crippen LogP contribution in [0.1, 0.15) is 46.5 Å². The lowest BCUT2D eigenvalue weighted by molar-refractivity contribution is 0.0945. The van der Waals surface area contributed by atoms with Crippen molar-refractivity contribution in [1.29, 1.82) is 0 Å². The summed E-state index contributed by atoms with van der Waals surface area (Å²) in [4.78, 5) is 17.0. The number of sulfonamides is 1. The van der Waals surface area contributed by atoms with Crippen LogP contribution in [-0.4, -0.2) is 27.4 Å². The number of benzene rings is 2. The average molecular weight is 404 g/mol. The topological polar surface area (TPSA) is 78.5 Å². The largest absolute Gasteiger partial charge is 0.372 e. The Balaban J connectivity index is 2.19. The van der Waals surface area contributed by atoms with Gasteiger partial charge in [-0.25, -0.2) is 8.42 Å². The van der Waals surface area contributed by atoms with Gasteiger partial charge in [-0.3, -0.25) is 10.2 Å². The zero-order valence-corrected chi connectivity index (χ0v) is 18.2. The number of nitrogens with zero attached hydrogens (tertiary/aromatic N) is 1. The Morgan fingerprint density at radius 1 is 0.929 bits per heavy atom. The van der Waals surface area contributed by atoms with Crippen molar-refractivity contribution in [3.05, 3.63) is 58.1 Å². The summed E-state index contributed by atoms with van der Waals surface area (Å²) in [5.41, 5.74) is 6.85. The Labute approximate surface area is 168 Å². The molecule has 0 heterocycles. The summed E-state index contributed by atoms with van der Waals surface area (Å²) < 4.78 is 25.6. The van der Waals surface area contributed by atoms with E-state index in [4.69, 9.17) is 0 Å². The third-order valence-electron chi connectivity index (χ3n) is 5.12. The summed E-state index contributed by atoms with van der Waals surface area (Å²) >= 11 is 0. The standard InChI is InChI=1S/C21H29N3O3S/c1-7-24(8-2)19-11-9-18(10-12-19)21(25)22-23-28(26,27)20-16(5)14(3)13-15(4)17(20)6/h9-13,23H,7-8H2,1-6H3,(H,22,25). The second kappa shape index (κ2) is 8.75. The van der Waals surface area contributed by atoms with Crippen LogP contribution in [0, 0.1) is 27.7 Å². The monoisotopic (exact) mass is 403 g/mol. The zero-order chi connectivity index (χ0) is 21.1. The molecule has 0 bridgehead atoms. The van der Waals surface area contributed by atoms with E-state index < -0.39 is 15.9 Å². The highest BCUT2D eigenvalue weighted by molar-refractivity contribution is 7.89. The molecule has 28 heavy (non-hydrogen) atoms. The summed E-state index contributed by atoms with van der Waals surface area (Å²) in [6.07, 6.45) is 0. The Kier molecular flexibility index (Phi) is 6.85. The number of carbonyl (C=O) groups excluding carboxylic acids is 1. The predicted octanol–water partition coefficient (Wildman–Crippen LogP) is 3.39. The van der Waals surface area contributed by atoms with Crippen molar-refractivity contribution in [2.45, 2.75) is 46.4 Å². The summed E-state index contributed by atoms with van der Waals surface area (Å²) in [7, 11) is -3.89. The number of amides is 1. The van der Waals surface area contributed by atoms with Crippen molar-refractivity contribution in [2.75, 3.05) is 18.0 Å². The number of hydrogen-bond donors (Lipinski definition) is 2. The summed E-state index contributed by atoms with van der Waals surface area (Å²) in [6.45, 7) is 13.2. The fraction of sp³-hybridized carbons (Fsp3) is 0.381. The van der Waals surface area contributed by atoms with Gasteiger partial charge in [-0.05, 0) is 88.1 Å². The number of rotatable bonds is 7. The highest BCUT2D eigenvalue weighted by Gasteiger charge is 2.23. The SMILES string of the molecule is CCN(CC)c1ccc(C(=O)NNS(=O)(=O)c2c(C)c(C)cc(C)c2C)cc1. The van der Waals surface area contributed by atoms with Crippen LogP contribution in [0.4, 0.5) is 5.69 Å². The zero-order valence-electron chi connectivity index (χ0n) is 17.4. The van der Waals surface area contributed by atoms with Gasteiger partial charge in [0.25, 0.3) is 15.9 Å². The molecule has 2 aromatic rings. The van der Waals surface area contributed by atoms with Crippen molar-refractivity contribution in [3.8, 4) is 0 Å². The molecule has 0 spiro atoms. The number of anilines is 1. The number of hydrazine groups is 1. The number of carbonyl (C=O) groups is 1. The van der Waals surface area contributed by atoms with E-state index in [0.29, 0.717) is 16.7 Å². The number of nitrogens with one attached hydrogen (secondary N) is 2. The molecule has 0 unspecified atom stereocenters. The minimum absolute atomic E-state index is 0.210. The van der Waals surface area contributed by atoms with Crippen molar-refractivity contribution in [3.63, 3.8) is 0 Å². The van der Waals surface area contributed by atoms with Crippen LogP contribution >= 0.6 is 0 Å². The van der Waals surface area contributed by atoms with Crippen LogP contribution in [0.15, 0.2) is 35.2 Å². The number of hydrogen-bond acceptors (Lipinski definition) is 4. The molecule has 7 heteroatoms. The molecule has 0 aliphatic heterocycles. The first-order valence-electron chi connectivity index (χ1n) is 9.36. The van der Waals surface area contributed by atoms with Gasteiger partial charge >= 0.3 is 0 Å². The molecule has 0 fully saturated rings. The molecule has 0 atom stereocenters. The third-order valence-corrected chi connectivity index (χ3v) is 6.64. The van der Waals surface area contributed by atoms with Crippen molar-refractivity contribution in [1.82, 2.24) is 10.3 Å². The molecule has 0 aliphatic carbocycles. The van der Waals surface area contributed by atoms with E-state index in [1.54, 1.807) is 26.0 Å². The van der Waals surface area contributed by atoms with E-state index in [1.165, 1.54) is 0 Å². The first kappa shape index (κ1) is 21.9. The molecule has 152 valence electrons. The smallest absolute Gasteiger partial charge is 0.266 e. The molecule has 2 aromatic carbocycles. The van der Waals surface area contributed by atoms with E-state index in [2.05, 4.69) is 29.0 Å². The maximum atomic E-state index is 12.8. The highest BCUT2D eigenvalue weighted by atomic mass is 32.2. The van der Waals surface area contributed by atoms with Gasteiger partial charge in [0.2, 0.25) is 0 Å². The normalized spacial score (nSPS) is 11.4. The first-order chi connectivity index (χ1) is 13.1. The lowest BCUT2D eigenvalue weighted by Gasteiger charge is -2.21. The van der Waals surface area contributed by atoms with E-state index in [-0.39, 0.29) is 4.90 Å². The molecule has 0 saturated heterocycles. The second-order valence-corrected chi connectivity index (χ2v) is 8.49. The van der Waals surface area contributed by atoms with Gasteiger partial charge in [0.15, 0.2) is 0 Å². The van der Waals surface area contributed by atoms with Gasteiger partial charge in [0.1, 0.15) is 0 Å². The lowest BCUT2D eigenvalue weighted by atomic mass is 10.0. The highest BCUT2D eigenvalue weighted by Crippen LogP contribution is 2.25. The van der Waals surface area contributed by atoms with Gasteiger partial charge in [-0.15, -0.1) is 4.83 Å². The van der Waals surface area contributed by atoms with Gasteiger partial charge in [0, 0.05) is 24.3 Å². The summed E-state index contributed by atoms with van der Waals surface area (Å²) in [5.74, 6) is -0.505.